The zero-order chi connectivity index (χ0) is 30.3. The fraction of sp³-hybridized carbons (Fsp3) is 0.344. The van der Waals surface area contributed by atoms with E-state index < -0.39 is 23.3 Å². The highest BCUT2D eigenvalue weighted by Crippen LogP contribution is 2.68. The third-order valence-electron chi connectivity index (χ3n) is 7.58. The van der Waals surface area contributed by atoms with E-state index in [0.29, 0.717) is 33.9 Å². The Hall–Kier alpha value is -4.61. The van der Waals surface area contributed by atoms with E-state index in [1.165, 1.54) is 7.11 Å². The van der Waals surface area contributed by atoms with Gasteiger partial charge in [0, 0.05) is 7.11 Å². The molecule has 0 amide bonds. The fourth-order valence-corrected chi connectivity index (χ4v) is 6.04. The van der Waals surface area contributed by atoms with E-state index in [2.05, 4.69) is 0 Å². The van der Waals surface area contributed by atoms with Gasteiger partial charge in [-0.1, -0.05) is 0 Å². The van der Waals surface area contributed by atoms with Crippen molar-refractivity contribution < 1.29 is 52.3 Å². The molecule has 0 saturated carbocycles. The monoisotopic (exact) mass is 590 g/mol. The van der Waals surface area contributed by atoms with Gasteiger partial charge >= 0.3 is 17.9 Å². The van der Waals surface area contributed by atoms with Crippen molar-refractivity contribution >= 4 is 17.9 Å². The van der Waals surface area contributed by atoms with E-state index in [9.17, 15) is 14.4 Å². The Bertz CT molecular complexity index is 1460. The number of carbonyl (C=O) groups is 3. The summed E-state index contributed by atoms with van der Waals surface area (Å²) < 4.78 is 46.4. The molecule has 11 nitrogen and oxygen atoms in total. The number of methoxy groups -OCH3 is 1. The zero-order valence-electron chi connectivity index (χ0n) is 24.2. The molecule has 0 radical (unpaired) electrons. The van der Waals surface area contributed by atoms with Crippen molar-refractivity contribution in [2.24, 2.45) is 0 Å². The summed E-state index contributed by atoms with van der Waals surface area (Å²) in [5, 5.41) is 0. The Morgan fingerprint density at radius 1 is 0.628 bits per heavy atom. The number of rotatable bonds is 11. The number of hydrogen-bond acceptors (Lipinski definition) is 11. The molecule has 0 N–H and O–H groups in total. The lowest BCUT2D eigenvalue weighted by atomic mass is 9.62. The molecular formula is C32H30O11. The second-order valence-corrected chi connectivity index (χ2v) is 9.88. The Labute approximate surface area is 247 Å². The maximum Gasteiger partial charge on any atom is 0.341 e. The van der Waals surface area contributed by atoms with E-state index >= 15 is 0 Å². The molecule has 0 atom stereocenters. The molecule has 6 rings (SSSR count). The molecule has 0 aliphatic carbocycles. The average Bonchev–Trinajstić information content (AvgIpc) is 2.99. The number of ether oxygens (including phenoxy) is 8. The fourth-order valence-electron chi connectivity index (χ4n) is 6.04. The highest BCUT2D eigenvalue weighted by Gasteiger charge is 2.57. The van der Waals surface area contributed by atoms with Gasteiger partial charge in [0.05, 0.1) is 48.5 Å². The molecule has 0 spiro atoms. The van der Waals surface area contributed by atoms with Crippen LogP contribution in [0.3, 0.4) is 0 Å². The van der Waals surface area contributed by atoms with Gasteiger partial charge in [0.1, 0.15) is 58.0 Å². The van der Waals surface area contributed by atoms with Crippen molar-refractivity contribution in [1.82, 2.24) is 0 Å². The third kappa shape index (κ3) is 4.30. The van der Waals surface area contributed by atoms with Gasteiger partial charge in [0.2, 0.25) is 0 Å². The molecule has 3 aliphatic heterocycles. The molecule has 0 aromatic heterocycles. The maximum atomic E-state index is 13.2. The predicted molar refractivity (Wildman–Crippen MR) is 150 cm³/mol. The molecular weight excluding hydrogens is 560 g/mol. The minimum Gasteiger partial charge on any atom is -0.462 e. The van der Waals surface area contributed by atoms with Crippen LogP contribution in [0.15, 0.2) is 36.4 Å². The van der Waals surface area contributed by atoms with E-state index in [4.69, 9.17) is 37.9 Å². The first-order chi connectivity index (χ1) is 20.9. The van der Waals surface area contributed by atoms with Crippen LogP contribution >= 0.6 is 0 Å². The summed E-state index contributed by atoms with van der Waals surface area (Å²) in [7, 11) is 1.52. The molecule has 43 heavy (non-hydrogen) atoms. The highest BCUT2D eigenvalue weighted by atomic mass is 16.7. The maximum absolute atomic E-state index is 13.2. The first-order valence-corrected chi connectivity index (χ1v) is 14.0. The Morgan fingerprint density at radius 3 is 1.33 bits per heavy atom. The second kappa shape index (κ2) is 11.2. The summed E-state index contributed by atoms with van der Waals surface area (Å²) in [5.41, 5.74) is 0.990. The van der Waals surface area contributed by atoms with E-state index in [1.54, 1.807) is 57.2 Å². The summed E-state index contributed by atoms with van der Waals surface area (Å²) in [5.74, 6) is 0.0593. The van der Waals surface area contributed by atoms with E-state index in [-0.39, 0.29) is 73.6 Å². The van der Waals surface area contributed by atoms with Gasteiger partial charge in [-0.05, 0) is 63.6 Å². The first-order valence-electron chi connectivity index (χ1n) is 14.0. The Kier molecular flexibility index (Phi) is 7.45. The summed E-state index contributed by atoms with van der Waals surface area (Å²) in [6.07, 6.45) is 0.275. The number of esters is 3. The topological polar surface area (TPSA) is 125 Å². The minimum atomic E-state index is -1.16. The van der Waals surface area contributed by atoms with Gasteiger partial charge in [-0.2, -0.15) is 0 Å². The SMILES string of the molecule is CCOC(=O)c1ccc2c3c1Oc1ccc(C(=O)OCC)c4c1C3(CCOCOC)c1c(ccc(C(=O)OCC)c1O2)O4. The Balaban J connectivity index is 1.71. The van der Waals surface area contributed by atoms with Crippen LogP contribution in [0.1, 0.15) is 75.0 Å². The van der Waals surface area contributed by atoms with Crippen LogP contribution in [0.25, 0.3) is 0 Å². The second-order valence-electron chi connectivity index (χ2n) is 9.88. The summed E-state index contributed by atoms with van der Waals surface area (Å²) in [6, 6.07) is 9.64. The van der Waals surface area contributed by atoms with Crippen molar-refractivity contribution in [3.05, 3.63) is 69.8 Å². The third-order valence-corrected chi connectivity index (χ3v) is 7.58. The molecule has 0 bridgehead atoms. The molecule has 3 heterocycles. The minimum absolute atomic E-state index is 0.0350. The van der Waals surface area contributed by atoms with E-state index in [0.717, 1.165) is 0 Å². The standard InChI is InChI=1S/C32H30O11/c1-5-38-29(33)17-8-11-20-23-26(17)41-21-12-9-18(30(34)39-6-2)27-24(21)32(23,14-15-37-16-36-4)25-22(43-27)13-10-19(28(25)42-20)31(35)40-7-3/h8-13H,5-7,14-16H2,1-4H3. The van der Waals surface area contributed by atoms with Crippen LogP contribution in [-0.4, -0.2) is 58.2 Å². The van der Waals surface area contributed by atoms with Crippen molar-refractivity contribution in [2.75, 3.05) is 40.3 Å². The first kappa shape index (κ1) is 28.5. The lowest BCUT2D eigenvalue weighted by molar-refractivity contribution is -0.0343. The van der Waals surface area contributed by atoms with Crippen molar-refractivity contribution in [2.45, 2.75) is 32.6 Å². The molecule has 3 aliphatic rings. The van der Waals surface area contributed by atoms with Gasteiger partial charge in [0.25, 0.3) is 0 Å². The van der Waals surface area contributed by atoms with Crippen molar-refractivity contribution in [3.63, 3.8) is 0 Å². The van der Waals surface area contributed by atoms with Gasteiger partial charge < -0.3 is 37.9 Å². The van der Waals surface area contributed by atoms with Crippen LogP contribution in [0.2, 0.25) is 0 Å². The number of benzene rings is 3. The molecule has 0 fully saturated rings. The van der Waals surface area contributed by atoms with Gasteiger partial charge in [0.15, 0.2) is 0 Å². The van der Waals surface area contributed by atoms with Crippen molar-refractivity contribution in [3.8, 4) is 34.5 Å². The molecule has 0 unspecified atom stereocenters. The lowest BCUT2D eigenvalue weighted by Gasteiger charge is -2.48. The summed E-state index contributed by atoms with van der Waals surface area (Å²) in [6.45, 7) is 5.86. The molecule has 224 valence electrons. The number of carbonyl (C=O) groups excluding carboxylic acids is 3. The van der Waals surface area contributed by atoms with Gasteiger partial charge in [-0.3, -0.25) is 0 Å². The van der Waals surface area contributed by atoms with Crippen molar-refractivity contribution in [1.29, 1.82) is 0 Å². The largest absolute Gasteiger partial charge is 0.462 e. The highest BCUT2D eigenvalue weighted by molar-refractivity contribution is 6.00. The quantitative estimate of drug-likeness (QED) is 0.0900. The van der Waals surface area contributed by atoms with Crippen LogP contribution in [0, 0.1) is 0 Å². The van der Waals surface area contributed by atoms with E-state index in [1.807, 2.05) is 0 Å². The van der Waals surface area contributed by atoms with Crippen LogP contribution in [0.5, 0.6) is 34.5 Å². The van der Waals surface area contributed by atoms with Gasteiger partial charge in [-0.15, -0.1) is 0 Å². The molecule has 11 heteroatoms. The zero-order valence-corrected chi connectivity index (χ0v) is 24.2. The molecule has 3 aromatic rings. The van der Waals surface area contributed by atoms with Crippen LogP contribution < -0.4 is 14.2 Å². The summed E-state index contributed by atoms with van der Waals surface area (Å²) >= 11 is 0. The smallest absolute Gasteiger partial charge is 0.341 e. The molecule has 3 aromatic carbocycles. The van der Waals surface area contributed by atoms with Crippen LogP contribution in [0.4, 0.5) is 0 Å². The number of hydrogen-bond donors (Lipinski definition) is 0. The average molecular weight is 591 g/mol. The lowest BCUT2D eigenvalue weighted by Crippen LogP contribution is -2.41. The predicted octanol–water partition coefficient (Wildman–Crippen LogP) is 5.88. The van der Waals surface area contributed by atoms with Crippen LogP contribution in [-0.2, 0) is 29.1 Å². The Morgan fingerprint density at radius 2 is 1.00 bits per heavy atom. The normalized spacial score (nSPS) is 14.0. The van der Waals surface area contributed by atoms with Gasteiger partial charge in [-0.25, -0.2) is 14.4 Å². The molecule has 0 saturated heterocycles. The summed E-state index contributed by atoms with van der Waals surface area (Å²) in [4.78, 5) is 39.5.